The standard InChI is InChI=1S/C17H25N3O2/c21-13-16-12-20(17(22)14-5-4-6-18-9-14)11-15(16)10-19-7-2-1-3-8-19/h4-6,9,15-16,21H,1-3,7-8,10-13H2/t15-,16-/m1/s1. The fraction of sp³-hybridized carbons (Fsp3) is 0.647. The number of pyridine rings is 1. The third-order valence-electron chi connectivity index (χ3n) is 4.95. The molecule has 0 bridgehead atoms. The Bertz CT molecular complexity index is 488. The number of carbonyl (C=O) groups excluding carboxylic acids is 1. The maximum atomic E-state index is 12.5. The van der Waals surface area contributed by atoms with Crippen molar-refractivity contribution in [1.29, 1.82) is 0 Å². The molecule has 2 aliphatic heterocycles. The lowest BCUT2D eigenvalue weighted by Crippen LogP contribution is -2.37. The van der Waals surface area contributed by atoms with E-state index in [1.165, 1.54) is 19.3 Å². The van der Waals surface area contributed by atoms with Crippen molar-refractivity contribution in [2.45, 2.75) is 19.3 Å². The Morgan fingerprint density at radius 3 is 2.68 bits per heavy atom. The van der Waals surface area contributed by atoms with Crippen LogP contribution in [0, 0.1) is 11.8 Å². The Morgan fingerprint density at radius 1 is 1.23 bits per heavy atom. The lowest BCUT2D eigenvalue weighted by atomic mass is 9.95. The van der Waals surface area contributed by atoms with Gasteiger partial charge in [-0.25, -0.2) is 0 Å². The van der Waals surface area contributed by atoms with Crippen LogP contribution < -0.4 is 0 Å². The van der Waals surface area contributed by atoms with Gasteiger partial charge in [0, 0.05) is 44.6 Å². The third kappa shape index (κ3) is 3.47. The van der Waals surface area contributed by atoms with E-state index in [2.05, 4.69) is 9.88 Å². The monoisotopic (exact) mass is 303 g/mol. The molecule has 120 valence electrons. The summed E-state index contributed by atoms with van der Waals surface area (Å²) in [6.07, 6.45) is 7.17. The number of carbonyl (C=O) groups is 1. The second-order valence-corrected chi connectivity index (χ2v) is 6.52. The van der Waals surface area contributed by atoms with Gasteiger partial charge >= 0.3 is 0 Å². The van der Waals surface area contributed by atoms with E-state index in [0.717, 1.165) is 26.2 Å². The number of hydrogen-bond acceptors (Lipinski definition) is 4. The molecule has 1 aromatic heterocycles. The van der Waals surface area contributed by atoms with Crippen LogP contribution >= 0.6 is 0 Å². The smallest absolute Gasteiger partial charge is 0.255 e. The molecular formula is C17H25N3O2. The van der Waals surface area contributed by atoms with Gasteiger partial charge in [-0.05, 0) is 44.0 Å². The van der Waals surface area contributed by atoms with Crippen LogP contribution in [-0.2, 0) is 0 Å². The molecule has 5 nitrogen and oxygen atoms in total. The van der Waals surface area contributed by atoms with E-state index >= 15 is 0 Å². The summed E-state index contributed by atoms with van der Waals surface area (Å²) in [6.45, 7) is 4.88. The highest BCUT2D eigenvalue weighted by molar-refractivity contribution is 5.94. The van der Waals surface area contributed by atoms with Crippen LogP contribution in [0.5, 0.6) is 0 Å². The van der Waals surface area contributed by atoms with Crippen molar-refractivity contribution in [3.05, 3.63) is 30.1 Å². The predicted octanol–water partition coefficient (Wildman–Crippen LogP) is 1.25. The zero-order valence-electron chi connectivity index (χ0n) is 13.0. The van der Waals surface area contributed by atoms with Crippen LogP contribution in [0.25, 0.3) is 0 Å². The molecule has 2 atom stereocenters. The molecule has 0 radical (unpaired) electrons. The molecule has 0 unspecified atom stereocenters. The molecule has 2 fully saturated rings. The normalized spacial score (nSPS) is 26.3. The molecule has 1 N–H and O–H groups in total. The van der Waals surface area contributed by atoms with Crippen molar-refractivity contribution in [3.63, 3.8) is 0 Å². The van der Waals surface area contributed by atoms with Gasteiger partial charge in [0.25, 0.3) is 5.91 Å². The number of likely N-dealkylation sites (tertiary alicyclic amines) is 2. The molecule has 1 aromatic rings. The van der Waals surface area contributed by atoms with Crippen LogP contribution in [0.2, 0.25) is 0 Å². The number of rotatable bonds is 4. The van der Waals surface area contributed by atoms with E-state index in [1.807, 2.05) is 4.90 Å². The number of nitrogens with zero attached hydrogens (tertiary/aromatic N) is 3. The van der Waals surface area contributed by atoms with Gasteiger partial charge < -0.3 is 14.9 Å². The lowest BCUT2D eigenvalue weighted by Gasteiger charge is -2.30. The summed E-state index contributed by atoms with van der Waals surface area (Å²) in [5, 5.41) is 9.67. The second-order valence-electron chi connectivity index (χ2n) is 6.52. The molecule has 1 amide bonds. The van der Waals surface area contributed by atoms with E-state index in [1.54, 1.807) is 24.5 Å². The number of hydrogen-bond donors (Lipinski definition) is 1. The third-order valence-corrected chi connectivity index (χ3v) is 4.95. The molecule has 2 saturated heterocycles. The van der Waals surface area contributed by atoms with Crippen molar-refractivity contribution in [2.75, 3.05) is 39.3 Å². The van der Waals surface area contributed by atoms with Crippen molar-refractivity contribution >= 4 is 5.91 Å². The summed E-state index contributed by atoms with van der Waals surface area (Å²) >= 11 is 0. The van der Waals surface area contributed by atoms with Crippen LogP contribution in [0.1, 0.15) is 29.6 Å². The summed E-state index contributed by atoms with van der Waals surface area (Å²) in [4.78, 5) is 20.9. The molecule has 5 heteroatoms. The Labute approximate surface area is 131 Å². The SMILES string of the molecule is O=C(c1cccnc1)N1C[C@@H](CN2CCCCC2)[C@@H](CO)C1. The molecule has 3 heterocycles. The Hall–Kier alpha value is -1.46. The Kier molecular flexibility index (Phi) is 5.05. The minimum Gasteiger partial charge on any atom is -0.396 e. The molecule has 2 aliphatic rings. The molecule has 0 saturated carbocycles. The van der Waals surface area contributed by atoms with Gasteiger partial charge in [0.15, 0.2) is 0 Å². The van der Waals surface area contributed by atoms with Crippen molar-refractivity contribution < 1.29 is 9.90 Å². The average molecular weight is 303 g/mol. The first kappa shape index (κ1) is 15.4. The molecular weight excluding hydrogens is 278 g/mol. The van der Waals surface area contributed by atoms with Crippen molar-refractivity contribution in [2.24, 2.45) is 11.8 Å². The summed E-state index contributed by atoms with van der Waals surface area (Å²) in [5.74, 6) is 0.610. The first-order valence-corrected chi connectivity index (χ1v) is 8.30. The number of aliphatic hydroxyl groups excluding tert-OH is 1. The molecule has 22 heavy (non-hydrogen) atoms. The minimum absolute atomic E-state index is 0.0349. The van der Waals surface area contributed by atoms with Gasteiger partial charge in [-0.2, -0.15) is 0 Å². The van der Waals surface area contributed by atoms with Gasteiger partial charge in [0.1, 0.15) is 0 Å². The van der Waals surface area contributed by atoms with Crippen LogP contribution in [-0.4, -0.2) is 65.1 Å². The average Bonchev–Trinajstić information content (AvgIpc) is 2.99. The Morgan fingerprint density at radius 2 is 2.00 bits per heavy atom. The number of amides is 1. The fourth-order valence-corrected chi connectivity index (χ4v) is 3.66. The Balaban J connectivity index is 1.62. The van der Waals surface area contributed by atoms with E-state index < -0.39 is 0 Å². The highest BCUT2D eigenvalue weighted by Gasteiger charge is 2.36. The van der Waals surface area contributed by atoms with Gasteiger partial charge in [-0.3, -0.25) is 9.78 Å². The maximum absolute atomic E-state index is 12.5. The first-order valence-electron chi connectivity index (χ1n) is 8.30. The summed E-state index contributed by atoms with van der Waals surface area (Å²) in [7, 11) is 0. The zero-order chi connectivity index (χ0) is 15.4. The largest absolute Gasteiger partial charge is 0.396 e. The van der Waals surface area contributed by atoms with E-state index in [0.29, 0.717) is 18.0 Å². The predicted molar refractivity (Wildman–Crippen MR) is 84.5 cm³/mol. The van der Waals surface area contributed by atoms with Crippen LogP contribution in [0.15, 0.2) is 24.5 Å². The van der Waals surface area contributed by atoms with Crippen molar-refractivity contribution in [3.8, 4) is 0 Å². The molecule has 0 aromatic carbocycles. The van der Waals surface area contributed by atoms with Gasteiger partial charge in [0.05, 0.1) is 5.56 Å². The van der Waals surface area contributed by atoms with Gasteiger partial charge in [-0.15, -0.1) is 0 Å². The highest BCUT2D eigenvalue weighted by Crippen LogP contribution is 2.26. The lowest BCUT2D eigenvalue weighted by molar-refractivity contribution is 0.0778. The van der Waals surface area contributed by atoms with E-state index in [9.17, 15) is 9.90 Å². The van der Waals surface area contributed by atoms with Gasteiger partial charge in [0.2, 0.25) is 0 Å². The number of aromatic nitrogens is 1. The number of aliphatic hydroxyl groups is 1. The quantitative estimate of drug-likeness (QED) is 0.909. The summed E-state index contributed by atoms with van der Waals surface area (Å²) in [5.41, 5.74) is 0.637. The molecule has 0 spiro atoms. The number of piperidine rings is 1. The topological polar surface area (TPSA) is 56.7 Å². The van der Waals surface area contributed by atoms with Gasteiger partial charge in [-0.1, -0.05) is 6.42 Å². The fourth-order valence-electron chi connectivity index (χ4n) is 3.66. The van der Waals surface area contributed by atoms with E-state index in [-0.39, 0.29) is 18.4 Å². The minimum atomic E-state index is 0.0349. The second kappa shape index (κ2) is 7.20. The molecule has 0 aliphatic carbocycles. The molecule has 3 rings (SSSR count). The summed E-state index contributed by atoms with van der Waals surface area (Å²) < 4.78 is 0. The first-order chi connectivity index (χ1) is 10.8. The maximum Gasteiger partial charge on any atom is 0.255 e. The highest BCUT2D eigenvalue weighted by atomic mass is 16.3. The van der Waals surface area contributed by atoms with Crippen LogP contribution in [0.3, 0.4) is 0 Å². The van der Waals surface area contributed by atoms with Crippen LogP contribution in [0.4, 0.5) is 0 Å². The zero-order valence-corrected chi connectivity index (χ0v) is 13.0. The van der Waals surface area contributed by atoms with E-state index in [4.69, 9.17) is 0 Å². The summed E-state index contributed by atoms with van der Waals surface area (Å²) in [6, 6.07) is 3.60. The van der Waals surface area contributed by atoms with Crippen molar-refractivity contribution in [1.82, 2.24) is 14.8 Å².